The zero-order valence-electron chi connectivity index (χ0n) is 17.2. The van der Waals surface area contributed by atoms with Gasteiger partial charge in [-0.05, 0) is 72.5 Å². The van der Waals surface area contributed by atoms with Crippen LogP contribution in [0.25, 0.3) is 0 Å². The summed E-state index contributed by atoms with van der Waals surface area (Å²) in [5, 5.41) is 3.63. The lowest BCUT2D eigenvalue weighted by molar-refractivity contribution is 0.111. The van der Waals surface area contributed by atoms with Crippen LogP contribution in [-0.2, 0) is 0 Å². The third-order valence-corrected chi connectivity index (χ3v) is 7.75. The van der Waals surface area contributed by atoms with Crippen molar-refractivity contribution >= 4 is 44.1 Å². The molecule has 2 aliphatic rings. The van der Waals surface area contributed by atoms with E-state index in [-0.39, 0.29) is 23.9 Å². The normalized spacial score (nSPS) is 22.7. The number of carbonyl (C=O) groups is 1. The monoisotopic (exact) mass is 494 g/mol. The van der Waals surface area contributed by atoms with Crippen LogP contribution >= 0.6 is 27.3 Å². The Morgan fingerprint density at radius 1 is 1.17 bits per heavy atom. The van der Waals surface area contributed by atoms with E-state index in [1.54, 1.807) is 12.3 Å². The minimum Gasteiger partial charge on any atom is -0.369 e. The highest BCUT2D eigenvalue weighted by atomic mass is 79.9. The molecule has 30 heavy (non-hydrogen) atoms. The number of benzene rings is 1. The fourth-order valence-electron chi connectivity index (χ4n) is 4.71. The highest BCUT2D eigenvalue weighted by molar-refractivity contribution is 9.11. The van der Waals surface area contributed by atoms with E-state index in [1.165, 1.54) is 17.4 Å². The molecule has 0 radical (unpaired) electrons. The summed E-state index contributed by atoms with van der Waals surface area (Å²) >= 11 is 4.83. The van der Waals surface area contributed by atoms with Gasteiger partial charge in [0.05, 0.1) is 15.7 Å². The van der Waals surface area contributed by atoms with Crippen molar-refractivity contribution in [3.8, 4) is 0 Å². The van der Waals surface area contributed by atoms with Crippen molar-refractivity contribution in [3.05, 3.63) is 40.1 Å². The van der Waals surface area contributed by atoms with Crippen LogP contribution in [0, 0.1) is 11.7 Å². The van der Waals surface area contributed by atoms with Gasteiger partial charge in [-0.2, -0.15) is 0 Å². The molecule has 162 valence electrons. The number of hydrogen-bond acceptors (Lipinski definition) is 4. The summed E-state index contributed by atoms with van der Waals surface area (Å²) in [4.78, 5) is 21.7. The SMILES string of the molecule is CC1CCC(N(C(=O)Nc2ncc(Br)s2)C2CCN(c3ccccc3F)CC2)CC1. The molecule has 2 heterocycles. The molecule has 4 rings (SSSR count). The van der Waals surface area contributed by atoms with E-state index in [4.69, 9.17) is 0 Å². The fraction of sp³-hybridized carbons (Fsp3) is 0.545. The van der Waals surface area contributed by atoms with E-state index < -0.39 is 0 Å². The van der Waals surface area contributed by atoms with E-state index in [1.807, 2.05) is 12.1 Å². The largest absolute Gasteiger partial charge is 0.369 e. The van der Waals surface area contributed by atoms with E-state index in [2.05, 4.69) is 43.0 Å². The van der Waals surface area contributed by atoms with Crippen molar-refractivity contribution in [2.75, 3.05) is 23.3 Å². The Bertz CT molecular complexity index is 862. The second-order valence-electron chi connectivity index (χ2n) is 8.39. The van der Waals surface area contributed by atoms with E-state index >= 15 is 0 Å². The number of aromatic nitrogens is 1. The number of para-hydroxylation sites is 1. The first kappa shape index (κ1) is 21.6. The highest BCUT2D eigenvalue weighted by Gasteiger charge is 2.35. The molecule has 1 N–H and O–H groups in total. The first-order valence-electron chi connectivity index (χ1n) is 10.7. The van der Waals surface area contributed by atoms with Crippen LogP contribution in [0.3, 0.4) is 0 Å². The van der Waals surface area contributed by atoms with Crippen LogP contribution < -0.4 is 10.2 Å². The highest BCUT2D eigenvalue weighted by Crippen LogP contribution is 2.33. The van der Waals surface area contributed by atoms with Gasteiger partial charge < -0.3 is 9.80 Å². The third-order valence-electron chi connectivity index (χ3n) is 6.36. The Labute approximate surface area is 189 Å². The third kappa shape index (κ3) is 4.97. The summed E-state index contributed by atoms with van der Waals surface area (Å²) < 4.78 is 15.1. The maximum Gasteiger partial charge on any atom is 0.324 e. The number of anilines is 2. The standard InChI is InChI=1S/C22H28BrFN4OS/c1-15-6-8-16(9-7-15)28(22(29)26-21-25-14-20(23)30-21)17-10-12-27(13-11-17)19-5-3-2-4-18(19)24/h2-5,14-17H,6-13H2,1H3,(H,25,26,29). The lowest BCUT2D eigenvalue weighted by Crippen LogP contribution is -2.54. The van der Waals surface area contributed by atoms with Crippen molar-refractivity contribution in [1.82, 2.24) is 9.88 Å². The summed E-state index contributed by atoms with van der Waals surface area (Å²) in [5.74, 6) is 0.546. The van der Waals surface area contributed by atoms with Gasteiger partial charge in [-0.3, -0.25) is 5.32 Å². The lowest BCUT2D eigenvalue weighted by Gasteiger charge is -2.44. The number of piperidine rings is 1. The molecule has 1 aromatic heterocycles. The lowest BCUT2D eigenvalue weighted by atomic mass is 9.85. The van der Waals surface area contributed by atoms with Crippen LogP contribution in [0.5, 0.6) is 0 Å². The Hall–Kier alpha value is -1.67. The minimum absolute atomic E-state index is 0.0549. The molecule has 0 spiro atoms. The van der Waals surface area contributed by atoms with Gasteiger partial charge >= 0.3 is 6.03 Å². The summed E-state index contributed by atoms with van der Waals surface area (Å²) in [6, 6.07) is 7.31. The molecule has 0 atom stereocenters. The fourth-order valence-corrected chi connectivity index (χ4v) is 5.81. The van der Waals surface area contributed by atoms with Gasteiger partial charge in [0, 0.05) is 25.2 Å². The van der Waals surface area contributed by atoms with Gasteiger partial charge in [0.2, 0.25) is 0 Å². The Morgan fingerprint density at radius 3 is 2.47 bits per heavy atom. The molecule has 1 aliphatic carbocycles. The van der Waals surface area contributed by atoms with Gasteiger partial charge in [0.15, 0.2) is 5.13 Å². The second kappa shape index (κ2) is 9.64. The number of thiazole rings is 1. The molecule has 2 aromatic rings. The molecule has 8 heteroatoms. The van der Waals surface area contributed by atoms with Crippen molar-refractivity contribution in [2.45, 2.75) is 57.5 Å². The average molecular weight is 495 g/mol. The molecular weight excluding hydrogens is 467 g/mol. The van der Waals surface area contributed by atoms with Crippen LogP contribution in [0.15, 0.2) is 34.2 Å². The van der Waals surface area contributed by atoms with Crippen LogP contribution in [0.2, 0.25) is 0 Å². The topological polar surface area (TPSA) is 48.5 Å². The molecule has 2 fully saturated rings. The minimum atomic E-state index is -0.179. The van der Waals surface area contributed by atoms with Crippen LogP contribution in [0.4, 0.5) is 20.0 Å². The quantitative estimate of drug-likeness (QED) is 0.556. The maximum atomic E-state index is 14.2. The number of hydrogen-bond donors (Lipinski definition) is 1. The molecule has 5 nitrogen and oxygen atoms in total. The number of nitrogens with one attached hydrogen (secondary N) is 1. The molecule has 1 saturated carbocycles. The molecule has 0 bridgehead atoms. The number of amides is 2. The Kier molecular flexibility index (Phi) is 6.93. The second-order valence-corrected chi connectivity index (χ2v) is 10.8. The molecule has 1 aliphatic heterocycles. The molecule has 1 saturated heterocycles. The number of halogens is 2. The van der Waals surface area contributed by atoms with Gasteiger partial charge in [0.25, 0.3) is 0 Å². The van der Waals surface area contributed by atoms with Crippen LogP contribution in [0.1, 0.15) is 45.4 Å². The summed E-state index contributed by atoms with van der Waals surface area (Å²) in [7, 11) is 0. The number of urea groups is 1. The van der Waals surface area contributed by atoms with E-state index in [0.29, 0.717) is 10.8 Å². The number of rotatable bonds is 4. The van der Waals surface area contributed by atoms with Gasteiger partial charge in [-0.25, -0.2) is 14.2 Å². The summed E-state index contributed by atoms with van der Waals surface area (Å²) in [6.07, 6.45) is 7.80. The number of carbonyl (C=O) groups excluding carboxylic acids is 1. The maximum absolute atomic E-state index is 14.2. The zero-order valence-corrected chi connectivity index (χ0v) is 19.6. The van der Waals surface area contributed by atoms with Gasteiger partial charge in [-0.15, -0.1) is 0 Å². The van der Waals surface area contributed by atoms with E-state index in [9.17, 15) is 9.18 Å². The van der Waals surface area contributed by atoms with Crippen molar-refractivity contribution in [2.24, 2.45) is 5.92 Å². The molecule has 1 aromatic carbocycles. The van der Waals surface area contributed by atoms with Gasteiger partial charge in [-0.1, -0.05) is 30.4 Å². The predicted molar refractivity (Wildman–Crippen MR) is 124 cm³/mol. The predicted octanol–water partition coefficient (Wildman–Crippen LogP) is 6.13. The smallest absolute Gasteiger partial charge is 0.324 e. The zero-order chi connectivity index (χ0) is 21.1. The van der Waals surface area contributed by atoms with Crippen molar-refractivity contribution in [3.63, 3.8) is 0 Å². The summed E-state index contributed by atoms with van der Waals surface area (Å²) in [5.41, 5.74) is 0.658. The molecule has 2 amide bonds. The number of nitrogens with zero attached hydrogens (tertiary/aromatic N) is 3. The first-order chi connectivity index (χ1) is 14.5. The average Bonchev–Trinajstić information content (AvgIpc) is 3.15. The molecular formula is C22H28BrFN4OS. The van der Waals surface area contributed by atoms with Crippen molar-refractivity contribution in [1.29, 1.82) is 0 Å². The Balaban J connectivity index is 1.47. The van der Waals surface area contributed by atoms with Gasteiger partial charge in [0.1, 0.15) is 5.82 Å². The summed E-state index contributed by atoms with van der Waals surface area (Å²) in [6.45, 7) is 3.79. The van der Waals surface area contributed by atoms with E-state index in [0.717, 1.165) is 61.3 Å². The van der Waals surface area contributed by atoms with Crippen molar-refractivity contribution < 1.29 is 9.18 Å². The van der Waals surface area contributed by atoms with Crippen LogP contribution in [-0.4, -0.2) is 41.1 Å². The Morgan fingerprint density at radius 2 is 1.83 bits per heavy atom. The molecule has 0 unspecified atom stereocenters. The first-order valence-corrected chi connectivity index (χ1v) is 12.3.